The van der Waals surface area contributed by atoms with E-state index in [1.54, 1.807) is 37.3 Å². The molecule has 3 aliphatic carbocycles. The summed E-state index contributed by atoms with van der Waals surface area (Å²) in [5, 5.41) is 51.0. The molecule has 3 saturated carbocycles. The van der Waals surface area contributed by atoms with Crippen molar-refractivity contribution in [3.05, 3.63) is 35.9 Å². The van der Waals surface area contributed by atoms with Gasteiger partial charge >= 0.3 is 11.9 Å². The first-order valence-electron chi connectivity index (χ1n) is 11.2. The first-order valence-corrected chi connectivity index (χ1v) is 11.2. The summed E-state index contributed by atoms with van der Waals surface area (Å²) in [7, 11) is 0. The second-order valence-corrected chi connectivity index (χ2v) is 9.76. The minimum atomic E-state index is -1.69. The Kier molecular flexibility index (Phi) is 5.52. The Hall–Kier alpha value is -2.12. The Morgan fingerprint density at radius 3 is 2.47 bits per heavy atom. The van der Waals surface area contributed by atoms with Gasteiger partial charge in [0.25, 0.3) is 0 Å². The van der Waals surface area contributed by atoms with E-state index in [0.717, 1.165) is 0 Å². The van der Waals surface area contributed by atoms with E-state index in [1.165, 1.54) is 0 Å². The van der Waals surface area contributed by atoms with Crippen LogP contribution >= 0.6 is 0 Å². The van der Waals surface area contributed by atoms with E-state index >= 15 is 0 Å². The van der Waals surface area contributed by atoms with Gasteiger partial charge in [-0.15, -0.1) is 0 Å². The number of esters is 2. The van der Waals surface area contributed by atoms with Crippen molar-refractivity contribution < 1.29 is 54.1 Å². The van der Waals surface area contributed by atoms with Gasteiger partial charge in [0.15, 0.2) is 6.29 Å². The van der Waals surface area contributed by atoms with E-state index in [4.69, 9.17) is 18.9 Å². The van der Waals surface area contributed by atoms with Crippen LogP contribution in [0.3, 0.4) is 0 Å². The van der Waals surface area contributed by atoms with Crippen molar-refractivity contribution >= 4 is 11.9 Å². The summed E-state index contributed by atoms with van der Waals surface area (Å²) in [6.07, 6.45) is -8.41. The Labute approximate surface area is 194 Å². The first-order chi connectivity index (χ1) is 16.1. The maximum Gasteiger partial charge on any atom is 0.338 e. The third kappa shape index (κ3) is 2.95. The number of carbonyl (C=O) groups excluding carboxylic acids is 2. The highest BCUT2D eigenvalue weighted by molar-refractivity contribution is 5.90. The number of hydrogen-bond donors (Lipinski definition) is 5. The average molecular weight is 480 g/mol. The fraction of sp³-hybridized carbons (Fsp3) is 0.652. The third-order valence-electron chi connectivity index (χ3n) is 8.07. The first kappa shape index (κ1) is 23.6. The zero-order valence-electron chi connectivity index (χ0n) is 18.4. The molecule has 2 aliphatic heterocycles. The molecule has 4 bridgehead atoms. The maximum absolute atomic E-state index is 13.2. The van der Waals surface area contributed by atoms with Crippen LogP contribution in [0.15, 0.2) is 30.3 Å². The van der Waals surface area contributed by atoms with Crippen molar-refractivity contribution in [3.63, 3.8) is 0 Å². The molecule has 5 aliphatic rings. The number of hydrogen-bond acceptors (Lipinski definition) is 11. The summed E-state index contributed by atoms with van der Waals surface area (Å²) in [5.41, 5.74) is -4.08. The van der Waals surface area contributed by atoms with Crippen LogP contribution < -0.4 is 0 Å². The standard InChI is InChI=1S/C23H28O11/c1-21-8-13(25)12-7-23(21,33-19-17(28)16(27)15(26)14(9-24)32-19)22(12,20(30)34-21)10-31-18(29)11-5-3-2-4-6-11/h2-6,12-17,19,24-28H,7-10H2,1H3/t12-,13+,14+,15+,16-,17+,19-,21-,22+,23-/m0/s1. The van der Waals surface area contributed by atoms with Crippen molar-refractivity contribution in [3.8, 4) is 0 Å². The summed E-state index contributed by atoms with van der Waals surface area (Å²) < 4.78 is 22.9. The van der Waals surface area contributed by atoms with Gasteiger partial charge < -0.3 is 44.5 Å². The van der Waals surface area contributed by atoms with E-state index in [0.29, 0.717) is 0 Å². The molecule has 186 valence electrons. The summed E-state index contributed by atoms with van der Waals surface area (Å²) in [6, 6.07) is 8.20. The zero-order chi connectivity index (χ0) is 24.5. The molecule has 0 unspecified atom stereocenters. The van der Waals surface area contributed by atoms with Crippen LogP contribution in [0.5, 0.6) is 0 Å². The van der Waals surface area contributed by atoms with Crippen LogP contribution in [-0.4, -0.2) is 98.7 Å². The van der Waals surface area contributed by atoms with Gasteiger partial charge in [-0.05, 0) is 25.5 Å². The predicted molar refractivity (Wildman–Crippen MR) is 110 cm³/mol. The second-order valence-electron chi connectivity index (χ2n) is 9.76. The Balaban J connectivity index is 1.46. The average Bonchev–Trinajstić information content (AvgIpc) is 2.88. The Bertz CT molecular complexity index is 969. The Morgan fingerprint density at radius 2 is 1.79 bits per heavy atom. The highest BCUT2D eigenvalue weighted by Crippen LogP contribution is 2.73. The van der Waals surface area contributed by atoms with Gasteiger partial charge in [0.1, 0.15) is 47.6 Å². The number of fused-ring (bicyclic) bond motifs is 1. The molecule has 2 heterocycles. The van der Waals surface area contributed by atoms with Crippen molar-refractivity contribution in [2.45, 2.75) is 67.8 Å². The van der Waals surface area contributed by atoms with Gasteiger partial charge in [0.2, 0.25) is 0 Å². The van der Waals surface area contributed by atoms with Gasteiger partial charge in [-0.3, -0.25) is 4.79 Å². The molecule has 10 atom stereocenters. The van der Waals surface area contributed by atoms with Crippen LogP contribution in [-0.2, 0) is 23.7 Å². The molecule has 5 N–H and O–H groups in total. The molecule has 1 aromatic carbocycles. The van der Waals surface area contributed by atoms with Gasteiger partial charge in [-0.25, -0.2) is 4.79 Å². The quantitative estimate of drug-likeness (QED) is 0.300. The van der Waals surface area contributed by atoms with Gasteiger partial charge in [0, 0.05) is 12.3 Å². The number of aliphatic hydroxyl groups is 5. The molecule has 2 saturated heterocycles. The van der Waals surface area contributed by atoms with Crippen molar-refractivity contribution in [1.29, 1.82) is 0 Å². The minimum Gasteiger partial charge on any atom is -0.461 e. The molecule has 11 heteroatoms. The number of benzene rings is 1. The molecular formula is C23H28O11. The highest BCUT2D eigenvalue weighted by Gasteiger charge is 2.88. The van der Waals surface area contributed by atoms with Crippen molar-refractivity contribution in [1.82, 2.24) is 0 Å². The largest absolute Gasteiger partial charge is 0.461 e. The number of rotatable bonds is 6. The van der Waals surface area contributed by atoms with Gasteiger partial charge in [0.05, 0.1) is 18.3 Å². The van der Waals surface area contributed by atoms with Crippen LogP contribution in [0, 0.1) is 11.3 Å². The molecule has 11 nitrogen and oxygen atoms in total. The highest BCUT2D eigenvalue weighted by atomic mass is 16.7. The van der Waals surface area contributed by atoms with E-state index in [2.05, 4.69) is 0 Å². The third-order valence-corrected chi connectivity index (χ3v) is 8.07. The zero-order valence-corrected chi connectivity index (χ0v) is 18.4. The summed E-state index contributed by atoms with van der Waals surface area (Å²) in [6.45, 7) is 0.508. The summed E-state index contributed by atoms with van der Waals surface area (Å²) in [4.78, 5) is 25.9. The normalized spacial score (nSPS) is 47.0. The lowest BCUT2D eigenvalue weighted by molar-refractivity contribution is -0.394. The van der Waals surface area contributed by atoms with E-state index in [-0.39, 0.29) is 18.4 Å². The lowest BCUT2D eigenvalue weighted by Gasteiger charge is -2.66. The van der Waals surface area contributed by atoms with Gasteiger partial charge in [-0.2, -0.15) is 0 Å². The smallest absolute Gasteiger partial charge is 0.338 e. The van der Waals surface area contributed by atoms with E-state index in [1.807, 2.05) is 0 Å². The fourth-order valence-corrected chi connectivity index (χ4v) is 6.19. The maximum atomic E-state index is 13.2. The monoisotopic (exact) mass is 480 g/mol. The molecule has 6 rings (SSSR count). The van der Waals surface area contributed by atoms with Crippen LogP contribution in [0.2, 0.25) is 0 Å². The lowest BCUT2D eigenvalue weighted by Crippen LogP contribution is -2.80. The number of carbonyl (C=O) groups is 2. The molecule has 0 amide bonds. The predicted octanol–water partition coefficient (Wildman–Crippen LogP) is -1.51. The SMILES string of the molecule is C[C@]12C[C@@H](O)[C@@H]3C[C@@]1(O[C@@H]1O[C@H](CO)[C@@H](O)[C@H](O)[C@H]1O)[C@@]3(COC(=O)c1ccccc1)C(=O)O2. The molecule has 0 radical (unpaired) electrons. The van der Waals surface area contributed by atoms with Crippen LogP contribution in [0.25, 0.3) is 0 Å². The van der Waals surface area contributed by atoms with Crippen molar-refractivity contribution in [2.24, 2.45) is 11.3 Å². The fourth-order valence-electron chi connectivity index (χ4n) is 6.19. The lowest BCUT2D eigenvalue weighted by atomic mass is 9.40. The summed E-state index contributed by atoms with van der Waals surface area (Å²) >= 11 is 0. The number of aliphatic hydroxyl groups excluding tert-OH is 5. The molecule has 5 fully saturated rings. The molecule has 1 aromatic rings. The van der Waals surface area contributed by atoms with Crippen LogP contribution in [0.4, 0.5) is 0 Å². The topological polar surface area (TPSA) is 172 Å². The Morgan fingerprint density at radius 1 is 1.09 bits per heavy atom. The van der Waals surface area contributed by atoms with Gasteiger partial charge in [-0.1, -0.05) is 18.2 Å². The summed E-state index contributed by atoms with van der Waals surface area (Å²) in [5.74, 6) is -2.00. The molecule has 0 aromatic heterocycles. The van der Waals surface area contributed by atoms with Crippen LogP contribution in [0.1, 0.15) is 30.1 Å². The number of ether oxygens (including phenoxy) is 4. The second kappa shape index (κ2) is 7.95. The molecule has 0 spiro atoms. The van der Waals surface area contributed by atoms with E-state index < -0.39 is 84.5 Å². The van der Waals surface area contributed by atoms with Crippen molar-refractivity contribution in [2.75, 3.05) is 13.2 Å². The van der Waals surface area contributed by atoms with E-state index in [9.17, 15) is 35.1 Å². The molecule has 34 heavy (non-hydrogen) atoms. The molecular weight excluding hydrogens is 452 g/mol. The minimum absolute atomic E-state index is 0.0508.